The average Bonchev–Trinajstić information content (AvgIpc) is 2.66. The van der Waals surface area contributed by atoms with Gasteiger partial charge in [-0.25, -0.2) is 0 Å². The molecule has 0 N–H and O–H groups in total. The van der Waals surface area contributed by atoms with Crippen LogP contribution in [0.5, 0.6) is 0 Å². The lowest BCUT2D eigenvalue weighted by Crippen LogP contribution is -2.46. The van der Waals surface area contributed by atoms with Crippen LogP contribution in [0, 0.1) is 0 Å². The second-order valence-electron chi connectivity index (χ2n) is 6.58. The first-order chi connectivity index (χ1) is 12.2. The maximum absolute atomic E-state index is 13.3. The van der Waals surface area contributed by atoms with Crippen LogP contribution in [0.3, 0.4) is 0 Å². The number of carbonyl (C=O) groups excluding carboxylic acids is 2. The summed E-state index contributed by atoms with van der Waals surface area (Å²) in [5, 5.41) is 0. The summed E-state index contributed by atoms with van der Waals surface area (Å²) in [5.41, 5.74) is 2.92. The molecule has 0 amide bonds. The van der Waals surface area contributed by atoms with Crippen LogP contribution in [-0.2, 0) is 0 Å². The second-order valence-corrected chi connectivity index (χ2v) is 6.58. The molecular formula is C21H20N2O2. The van der Waals surface area contributed by atoms with Crippen LogP contribution >= 0.6 is 0 Å². The van der Waals surface area contributed by atoms with Crippen molar-refractivity contribution in [2.75, 3.05) is 33.2 Å². The Labute approximate surface area is 147 Å². The number of carbonyl (C=O) groups is 2. The summed E-state index contributed by atoms with van der Waals surface area (Å²) < 4.78 is 0. The Morgan fingerprint density at radius 1 is 0.720 bits per heavy atom. The zero-order valence-electron chi connectivity index (χ0n) is 14.2. The van der Waals surface area contributed by atoms with Crippen molar-refractivity contribution in [2.45, 2.75) is 0 Å². The summed E-state index contributed by atoms with van der Waals surface area (Å²) in [6, 6.07) is 16.7. The lowest BCUT2D eigenvalue weighted by molar-refractivity contribution is 0.0934. The van der Waals surface area contributed by atoms with Crippen LogP contribution in [0.15, 0.2) is 60.3 Å². The van der Waals surface area contributed by atoms with Crippen LogP contribution in [0.25, 0.3) is 5.57 Å². The molecule has 0 aromatic heterocycles. The lowest BCUT2D eigenvalue weighted by Gasteiger charge is -2.37. The van der Waals surface area contributed by atoms with E-state index in [1.165, 1.54) is 0 Å². The van der Waals surface area contributed by atoms with E-state index in [2.05, 4.69) is 16.8 Å². The topological polar surface area (TPSA) is 40.6 Å². The molecule has 4 heteroatoms. The number of rotatable bonds is 2. The van der Waals surface area contributed by atoms with Crippen LogP contribution in [0.4, 0.5) is 0 Å². The van der Waals surface area contributed by atoms with Crippen molar-refractivity contribution in [1.29, 1.82) is 0 Å². The number of benzene rings is 2. The predicted molar refractivity (Wildman–Crippen MR) is 97.5 cm³/mol. The summed E-state index contributed by atoms with van der Waals surface area (Å²) in [6.07, 6.45) is 0. The first kappa shape index (κ1) is 15.8. The average molecular weight is 332 g/mol. The quantitative estimate of drug-likeness (QED) is 0.848. The fourth-order valence-corrected chi connectivity index (χ4v) is 3.57. The normalized spacial score (nSPS) is 18.5. The van der Waals surface area contributed by atoms with Crippen molar-refractivity contribution in [2.24, 2.45) is 0 Å². The monoisotopic (exact) mass is 332 g/mol. The van der Waals surface area contributed by atoms with Crippen molar-refractivity contribution < 1.29 is 9.59 Å². The molecule has 2 aromatic carbocycles. The summed E-state index contributed by atoms with van der Waals surface area (Å²) >= 11 is 0. The van der Waals surface area contributed by atoms with E-state index in [4.69, 9.17) is 0 Å². The SMILES string of the molecule is CN1CCN(C2=C(c3ccccc3)C(=O)c3ccccc3C2=O)CC1. The smallest absolute Gasteiger partial charge is 0.210 e. The van der Waals surface area contributed by atoms with Crippen LogP contribution in [-0.4, -0.2) is 54.6 Å². The van der Waals surface area contributed by atoms with Gasteiger partial charge in [-0.2, -0.15) is 0 Å². The Bertz CT molecular complexity index is 862. The Morgan fingerprint density at radius 2 is 1.28 bits per heavy atom. The van der Waals surface area contributed by atoms with E-state index in [0.29, 0.717) is 22.4 Å². The molecule has 4 nitrogen and oxygen atoms in total. The molecule has 1 heterocycles. The minimum Gasteiger partial charge on any atom is -0.365 e. The highest BCUT2D eigenvalue weighted by Gasteiger charge is 2.36. The van der Waals surface area contributed by atoms with E-state index in [1.54, 1.807) is 12.1 Å². The first-order valence-electron chi connectivity index (χ1n) is 8.58. The van der Waals surface area contributed by atoms with Crippen molar-refractivity contribution in [3.05, 3.63) is 77.0 Å². The molecule has 1 aliphatic carbocycles. The third-order valence-electron chi connectivity index (χ3n) is 4.98. The standard InChI is InChI=1S/C21H20N2O2/c1-22-11-13-23(14-12-22)19-18(15-7-3-2-4-8-15)20(24)16-9-5-6-10-17(16)21(19)25/h2-10H,11-14H2,1H3. The van der Waals surface area contributed by atoms with Crippen molar-refractivity contribution in [3.8, 4) is 0 Å². The molecule has 0 spiro atoms. The van der Waals surface area contributed by atoms with Gasteiger partial charge in [-0.05, 0) is 12.6 Å². The fraction of sp³-hybridized carbons (Fsp3) is 0.238. The van der Waals surface area contributed by atoms with E-state index in [0.717, 1.165) is 31.7 Å². The molecule has 0 radical (unpaired) electrons. The molecule has 126 valence electrons. The molecule has 2 aromatic rings. The minimum atomic E-state index is -0.0599. The van der Waals surface area contributed by atoms with Crippen LogP contribution < -0.4 is 0 Å². The highest BCUT2D eigenvalue weighted by Crippen LogP contribution is 2.34. The predicted octanol–water partition coefficient (Wildman–Crippen LogP) is 2.72. The number of nitrogens with zero attached hydrogens (tertiary/aromatic N) is 2. The molecule has 0 bridgehead atoms. The molecule has 25 heavy (non-hydrogen) atoms. The van der Waals surface area contributed by atoms with Gasteiger partial charge in [-0.1, -0.05) is 54.6 Å². The number of hydrogen-bond acceptors (Lipinski definition) is 4. The Balaban J connectivity index is 1.90. The van der Waals surface area contributed by atoms with Gasteiger partial charge in [0.05, 0.1) is 11.3 Å². The summed E-state index contributed by atoms with van der Waals surface area (Å²) in [5.74, 6) is -0.103. The molecule has 0 saturated carbocycles. The zero-order valence-corrected chi connectivity index (χ0v) is 14.2. The molecule has 4 rings (SSSR count). The molecule has 0 unspecified atom stereocenters. The summed E-state index contributed by atoms with van der Waals surface area (Å²) in [6.45, 7) is 3.27. The molecular weight excluding hydrogens is 312 g/mol. The van der Waals surface area contributed by atoms with Crippen LogP contribution in [0.2, 0.25) is 0 Å². The van der Waals surface area contributed by atoms with Gasteiger partial charge in [0.2, 0.25) is 5.78 Å². The molecule has 2 aliphatic rings. The Morgan fingerprint density at radius 3 is 1.92 bits per heavy atom. The number of fused-ring (bicyclic) bond motifs is 1. The summed E-state index contributed by atoms with van der Waals surface area (Å²) in [7, 11) is 2.08. The maximum atomic E-state index is 13.3. The number of hydrogen-bond donors (Lipinski definition) is 0. The highest BCUT2D eigenvalue weighted by atomic mass is 16.1. The number of allylic oxidation sites excluding steroid dienone is 2. The Kier molecular flexibility index (Phi) is 3.98. The molecule has 1 fully saturated rings. The number of likely N-dealkylation sites (N-methyl/N-ethyl adjacent to an activating group) is 1. The third kappa shape index (κ3) is 2.68. The van der Waals surface area contributed by atoms with E-state index in [9.17, 15) is 9.59 Å². The van der Waals surface area contributed by atoms with Gasteiger partial charge in [0, 0.05) is 37.3 Å². The van der Waals surface area contributed by atoms with Gasteiger partial charge < -0.3 is 9.80 Å². The third-order valence-corrected chi connectivity index (χ3v) is 4.98. The van der Waals surface area contributed by atoms with Gasteiger partial charge in [0.1, 0.15) is 0 Å². The summed E-state index contributed by atoms with van der Waals surface area (Å²) in [4.78, 5) is 30.8. The largest absolute Gasteiger partial charge is 0.365 e. The zero-order chi connectivity index (χ0) is 17.4. The van der Waals surface area contributed by atoms with Crippen LogP contribution in [0.1, 0.15) is 26.3 Å². The Hall–Kier alpha value is -2.72. The lowest BCUT2D eigenvalue weighted by atomic mass is 9.83. The minimum absolute atomic E-state index is 0.0430. The highest BCUT2D eigenvalue weighted by molar-refractivity contribution is 6.40. The van der Waals surface area contributed by atoms with Gasteiger partial charge in [-0.15, -0.1) is 0 Å². The number of ketones is 2. The van der Waals surface area contributed by atoms with Gasteiger partial charge in [0.15, 0.2) is 5.78 Å². The van der Waals surface area contributed by atoms with E-state index in [-0.39, 0.29) is 11.6 Å². The molecule has 0 atom stereocenters. The van der Waals surface area contributed by atoms with Gasteiger partial charge >= 0.3 is 0 Å². The van der Waals surface area contributed by atoms with Crippen molar-refractivity contribution in [1.82, 2.24) is 9.80 Å². The second kappa shape index (κ2) is 6.30. The van der Waals surface area contributed by atoms with Gasteiger partial charge in [-0.3, -0.25) is 9.59 Å². The number of piperazine rings is 1. The fourth-order valence-electron chi connectivity index (χ4n) is 3.57. The molecule has 1 aliphatic heterocycles. The van der Waals surface area contributed by atoms with E-state index in [1.807, 2.05) is 42.5 Å². The first-order valence-corrected chi connectivity index (χ1v) is 8.58. The van der Waals surface area contributed by atoms with E-state index >= 15 is 0 Å². The van der Waals surface area contributed by atoms with Gasteiger partial charge in [0.25, 0.3) is 0 Å². The molecule has 1 saturated heterocycles. The van der Waals surface area contributed by atoms with Crippen molar-refractivity contribution in [3.63, 3.8) is 0 Å². The number of Topliss-reactive ketones (excluding diaryl/α,β-unsaturated/α-hetero) is 2. The van der Waals surface area contributed by atoms with Crippen molar-refractivity contribution >= 4 is 17.1 Å². The van der Waals surface area contributed by atoms with E-state index < -0.39 is 0 Å². The maximum Gasteiger partial charge on any atom is 0.210 e.